The number of ether oxygens (including phenoxy) is 1. The molecule has 20 heavy (non-hydrogen) atoms. The van der Waals surface area contributed by atoms with E-state index in [0.717, 1.165) is 0 Å². The van der Waals surface area contributed by atoms with Gasteiger partial charge in [0.15, 0.2) is 10.6 Å². The van der Waals surface area contributed by atoms with Crippen LogP contribution in [0.2, 0.25) is 0 Å². The van der Waals surface area contributed by atoms with Crippen LogP contribution in [0.4, 0.5) is 5.95 Å². The van der Waals surface area contributed by atoms with Crippen molar-refractivity contribution < 1.29 is 14.9 Å². The number of aryl methyl sites for hydroxylation is 1. The smallest absolute Gasteiger partial charge is 0.200 e. The fourth-order valence-corrected chi connectivity index (χ4v) is 2.76. The van der Waals surface area contributed by atoms with Crippen LogP contribution in [0.15, 0.2) is 0 Å². The van der Waals surface area contributed by atoms with E-state index in [0.29, 0.717) is 28.0 Å². The number of H-pyrrole nitrogens is 1. The molecular formula is C11H15N5O3S. The minimum absolute atomic E-state index is 0.195. The lowest BCUT2D eigenvalue weighted by Crippen LogP contribution is -2.24. The third kappa shape index (κ3) is 1.99. The quantitative estimate of drug-likeness (QED) is 0.576. The highest BCUT2D eigenvalue weighted by molar-refractivity contribution is 7.71. The molecule has 0 saturated carbocycles. The monoisotopic (exact) mass is 297 g/mol. The second kappa shape index (κ2) is 4.77. The molecular weight excluding hydrogens is 282 g/mol. The Kier molecular flexibility index (Phi) is 3.21. The van der Waals surface area contributed by atoms with Crippen molar-refractivity contribution in [2.75, 3.05) is 12.3 Å². The number of hydrogen-bond donors (Lipinski definition) is 4. The van der Waals surface area contributed by atoms with Gasteiger partial charge in [0, 0.05) is 6.42 Å². The second-order valence-corrected chi connectivity index (χ2v) is 5.15. The number of fused-ring (bicyclic) bond motifs is 1. The number of nitrogen functional groups attached to an aromatic ring is 1. The summed E-state index contributed by atoms with van der Waals surface area (Å²) in [5, 5.41) is 19.0. The van der Waals surface area contributed by atoms with Crippen LogP contribution in [0.5, 0.6) is 0 Å². The van der Waals surface area contributed by atoms with Crippen LogP contribution in [0.1, 0.15) is 18.5 Å². The van der Waals surface area contributed by atoms with Crippen molar-refractivity contribution in [2.24, 2.45) is 0 Å². The fraction of sp³-hybridized carbons (Fsp3) is 0.545. The van der Waals surface area contributed by atoms with Gasteiger partial charge in [-0.05, 0) is 6.92 Å². The summed E-state index contributed by atoms with van der Waals surface area (Å²) in [5.41, 5.74) is 6.82. The van der Waals surface area contributed by atoms with E-state index in [1.165, 1.54) is 0 Å². The maximum Gasteiger partial charge on any atom is 0.200 e. The summed E-state index contributed by atoms with van der Waals surface area (Å²) < 4.78 is 7.74. The molecule has 3 heterocycles. The number of rotatable bonds is 2. The van der Waals surface area contributed by atoms with E-state index >= 15 is 0 Å². The van der Waals surface area contributed by atoms with Gasteiger partial charge in [-0.3, -0.25) is 4.57 Å². The van der Waals surface area contributed by atoms with E-state index < -0.39 is 18.4 Å². The Hall–Kier alpha value is -1.55. The van der Waals surface area contributed by atoms with Crippen molar-refractivity contribution >= 4 is 29.3 Å². The maximum absolute atomic E-state index is 9.84. The number of aliphatic hydroxyl groups is 2. The number of hydrogen-bond acceptors (Lipinski definition) is 7. The van der Waals surface area contributed by atoms with Crippen molar-refractivity contribution in [3.8, 4) is 0 Å². The molecule has 0 aromatic carbocycles. The Bertz CT molecular complexity index is 712. The van der Waals surface area contributed by atoms with Crippen molar-refractivity contribution in [3.63, 3.8) is 0 Å². The molecule has 1 saturated heterocycles. The number of aromatic nitrogens is 4. The molecule has 0 radical (unpaired) electrons. The largest absolute Gasteiger partial charge is 0.394 e. The first kappa shape index (κ1) is 13.4. The third-order valence-corrected chi connectivity index (χ3v) is 3.72. The molecule has 9 heteroatoms. The van der Waals surface area contributed by atoms with Gasteiger partial charge < -0.3 is 25.7 Å². The van der Waals surface area contributed by atoms with E-state index in [2.05, 4.69) is 15.0 Å². The Labute approximate surface area is 119 Å². The molecule has 5 N–H and O–H groups in total. The average molecular weight is 297 g/mol. The van der Waals surface area contributed by atoms with Crippen LogP contribution in [0.3, 0.4) is 0 Å². The summed E-state index contributed by atoms with van der Waals surface area (Å²) in [4.78, 5) is 11.2. The highest BCUT2D eigenvalue weighted by Gasteiger charge is 2.36. The molecule has 0 aliphatic carbocycles. The number of anilines is 1. The summed E-state index contributed by atoms with van der Waals surface area (Å²) >= 11 is 5.14. The Morgan fingerprint density at radius 1 is 1.55 bits per heavy atom. The van der Waals surface area contributed by atoms with Gasteiger partial charge in [0.05, 0.1) is 12.7 Å². The third-order valence-electron chi connectivity index (χ3n) is 3.43. The zero-order chi connectivity index (χ0) is 14.4. The highest BCUT2D eigenvalue weighted by Crippen LogP contribution is 2.32. The molecule has 0 bridgehead atoms. The van der Waals surface area contributed by atoms with Crippen molar-refractivity contribution in [3.05, 3.63) is 10.5 Å². The van der Waals surface area contributed by atoms with Crippen LogP contribution in [0.25, 0.3) is 11.2 Å². The second-order valence-electron chi connectivity index (χ2n) is 4.77. The lowest BCUT2D eigenvalue weighted by molar-refractivity contribution is -0.0437. The Morgan fingerprint density at radius 2 is 2.30 bits per heavy atom. The van der Waals surface area contributed by atoms with Gasteiger partial charge in [-0.2, -0.15) is 0 Å². The van der Waals surface area contributed by atoms with Gasteiger partial charge in [0.25, 0.3) is 0 Å². The SMILES string of the molecule is Cc1nc2c(=S)nc(N)[nH]c2n1[C@H]1CC(O)[C@@H](CO)O1. The number of nitrogens with one attached hydrogen (secondary N) is 1. The molecule has 0 spiro atoms. The van der Waals surface area contributed by atoms with E-state index in [1.54, 1.807) is 11.5 Å². The van der Waals surface area contributed by atoms with E-state index in [1.807, 2.05) is 0 Å². The van der Waals surface area contributed by atoms with Crippen molar-refractivity contribution in [1.82, 2.24) is 19.5 Å². The van der Waals surface area contributed by atoms with Crippen molar-refractivity contribution in [2.45, 2.75) is 31.8 Å². The van der Waals surface area contributed by atoms with Crippen LogP contribution in [-0.4, -0.2) is 48.5 Å². The zero-order valence-corrected chi connectivity index (χ0v) is 11.6. The molecule has 108 valence electrons. The predicted molar refractivity (Wildman–Crippen MR) is 73.5 cm³/mol. The van der Waals surface area contributed by atoms with E-state index in [4.69, 9.17) is 27.8 Å². The highest BCUT2D eigenvalue weighted by atomic mass is 32.1. The van der Waals surface area contributed by atoms with Crippen LogP contribution in [-0.2, 0) is 4.74 Å². The van der Waals surface area contributed by atoms with Crippen LogP contribution in [0, 0.1) is 11.6 Å². The predicted octanol–water partition coefficient (Wildman–Crippen LogP) is 0.0202. The normalized spacial score (nSPS) is 26.4. The van der Waals surface area contributed by atoms with Gasteiger partial charge in [-0.15, -0.1) is 0 Å². The summed E-state index contributed by atoms with van der Waals surface area (Å²) in [7, 11) is 0. The van der Waals surface area contributed by atoms with Gasteiger partial charge in [-0.25, -0.2) is 9.97 Å². The minimum atomic E-state index is -0.719. The molecule has 8 nitrogen and oxygen atoms in total. The van der Waals surface area contributed by atoms with E-state index in [-0.39, 0.29) is 12.6 Å². The van der Waals surface area contributed by atoms with Gasteiger partial charge in [-0.1, -0.05) is 12.2 Å². The number of aliphatic hydroxyl groups excluding tert-OH is 2. The lowest BCUT2D eigenvalue weighted by Gasteiger charge is -2.15. The molecule has 1 aliphatic rings. The molecule has 3 atom stereocenters. The Morgan fingerprint density at radius 3 is 2.95 bits per heavy atom. The first-order valence-electron chi connectivity index (χ1n) is 6.20. The summed E-state index contributed by atoms with van der Waals surface area (Å²) in [5.74, 6) is 0.867. The number of imidazole rings is 1. The molecule has 2 aromatic heterocycles. The zero-order valence-electron chi connectivity index (χ0n) is 10.8. The van der Waals surface area contributed by atoms with E-state index in [9.17, 15) is 5.11 Å². The number of nitrogens with two attached hydrogens (primary N) is 1. The van der Waals surface area contributed by atoms with Crippen LogP contribution < -0.4 is 5.73 Å². The average Bonchev–Trinajstić information content (AvgIpc) is 2.89. The molecule has 1 unspecified atom stereocenters. The number of aromatic amines is 1. The molecule has 0 amide bonds. The minimum Gasteiger partial charge on any atom is -0.394 e. The van der Waals surface area contributed by atoms with Crippen LogP contribution >= 0.6 is 12.2 Å². The van der Waals surface area contributed by atoms with Crippen molar-refractivity contribution in [1.29, 1.82) is 0 Å². The Balaban J connectivity index is 2.13. The topological polar surface area (TPSA) is 122 Å². The summed E-state index contributed by atoms with van der Waals surface area (Å²) in [6, 6.07) is 0. The number of nitrogens with zero attached hydrogens (tertiary/aromatic N) is 3. The standard InChI is InChI=1S/C11H15N5O3S/c1-4-13-8-9(14-11(12)15-10(8)20)16(4)7-2-5(18)6(3-17)19-7/h5-7,17-18H,2-3H2,1H3,(H3,12,14,15,20)/t5?,6-,7-/m1/s1. The summed E-state index contributed by atoms with van der Waals surface area (Å²) in [6.07, 6.45) is -1.39. The molecule has 1 fully saturated rings. The van der Waals surface area contributed by atoms with Gasteiger partial charge >= 0.3 is 0 Å². The first-order chi connectivity index (χ1) is 9.51. The molecule has 1 aliphatic heterocycles. The first-order valence-corrected chi connectivity index (χ1v) is 6.60. The van der Waals surface area contributed by atoms with Gasteiger partial charge in [0.2, 0.25) is 0 Å². The maximum atomic E-state index is 9.84. The molecule has 2 aromatic rings. The fourth-order valence-electron chi connectivity index (χ4n) is 2.51. The molecule has 3 rings (SSSR count). The lowest BCUT2D eigenvalue weighted by atomic mass is 10.2. The van der Waals surface area contributed by atoms with Gasteiger partial charge in [0.1, 0.15) is 29.3 Å². The summed E-state index contributed by atoms with van der Waals surface area (Å²) in [6.45, 7) is 1.57.